The van der Waals surface area contributed by atoms with Gasteiger partial charge in [0.25, 0.3) is 5.56 Å². The molecule has 0 amide bonds. The van der Waals surface area contributed by atoms with E-state index in [0.29, 0.717) is 17.2 Å². The van der Waals surface area contributed by atoms with Crippen LogP contribution in [0, 0.1) is 0 Å². The number of pyridine rings is 1. The van der Waals surface area contributed by atoms with Gasteiger partial charge in [0, 0.05) is 31.9 Å². The molecule has 3 heterocycles. The molecule has 5 nitrogen and oxygen atoms in total. The second-order valence-corrected chi connectivity index (χ2v) is 6.05. The minimum Gasteiger partial charge on any atom is -0.373 e. The number of morpholine rings is 1. The van der Waals surface area contributed by atoms with Crippen LogP contribution in [0.15, 0.2) is 29.2 Å². The lowest BCUT2D eigenvalue weighted by molar-refractivity contribution is -0.0707. The SMILES string of the molecule is CC1CN(Cc2cc(=O)n3cc(Cl)ccc3n2)CC(C)O1. The second kappa shape index (κ2) is 5.75. The Morgan fingerprint density at radius 1 is 1.33 bits per heavy atom. The van der Waals surface area contributed by atoms with Crippen LogP contribution in [0.1, 0.15) is 19.5 Å². The molecule has 3 rings (SSSR count). The highest BCUT2D eigenvalue weighted by atomic mass is 35.5. The molecule has 2 aromatic heterocycles. The molecule has 112 valence electrons. The van der Waals surface area contributed by atoms with Crippen molar-refractivity contribution in [2.75, 3.05) is 13.1 Å². The predicted molar refractivity (Wildman–Crippen MR) is 81.8 cm³/mol. The summed E-state index contributed by atoms with van der Waals surface area (Å²) in [5.41, 5.74) is 1.30. The van der Waals surface area contributed by atoms with E-state index in [1.54, 1.807) is 24.4 Å². The predicted octanol–water partition coefficient (Wildman–Crippen LogP) is 1.96. The lowest BCUT2D eigenvalue weighted by Gasteiger charge is -2.35. The molecule has 1 saturated heterocycles. The smallest absolute Gasteiger partial charge is 0.258 e. The van der Waals surface area contributed by atoms with Crippen molar-refractivity contribution in [3.63, 3.8) is 0 Å². The number of rotatable bonds is 2. The van der Waals surface area contributed by atoms with Crippen LogP contribution < -0.4 is 5.56 Å². The van der Waals surface area contributed by atoms with E-state index in [1.807, 2.05) is 0 Å². The monoisotopic (exact) mass is 307 g/mol. The van der Waals surface area contributed by atoms with Crippen LogP contribution >= 0.6 is 11.6 Å². The highest BCUT2D eigenvalue weighted by molar-refractivity contribution is 6.30. The van der Waals surface area contributed by atoms with Crippen molar-refractivity contribution in [3.05, 3.63) is 45.5 Å². The normalized spacial score (nSPS) is 23.6. The lowest BCUT2D eigenvalue weighted by atomic mass is 10.2. The number of hydrogen-bond acceptors (Lipinski definition) is 4. The van der Waals surface area contributed by atoms with Gasteiger partial charge in [-0.1, -0.05) is 11.6 Å². The minimum absolute atomic E-state index is 0.105. The van der Waals surface area contributed by atoms with E-state index in [4.69, 9.17) is 16.3 Å². The molecule has 0 radical (unpaired) electrons. The summed E-state index contributed by atoms with van der Waals surface area (Å²) in [5.74, 6) is 0. The van der Waals surface area contributed by atoms with Crippen molar-refractivity contribution in [2.45, 2.75) is 32.6 Å². The topological polar surface area (TPSA) is 46.8 Å². The van der Waals surface area contributed by atoms with Gasteiger partial charge in [-0.3, -0.25) is 14.1 Å². The van der Waals surface area contributed by atoms with Crippen LogP contribution in [0.2, 0.25) is 5.02 Å². The first kappa shape index (κ1) is 14.5. The molecular formula is C15H18ClN3O2. The Labute approximate surface area is 128 Å². The molecule has 0 spiro atoms. The van der Waals surface area contributed by atoms with Gasteiger partial charge in [-0.2, -0.15) is 0 Å². The van der Waals surface area contributed by atoms with Gasteiger partial charge in [0.05, 0.1) is 22.9 Å². The van der Waals surface area contributed by atoms with Gasteiger partial charge in [0.15, 0.2) is 0 Å². The average molecular weight is 308 g/mol. The second-order valence-electron chi connectivity index (χ2n) is 5.61. The number of halogens is 1. The Bertz CT molecular complexity index is 706. The summed E-state index contributed by atoms with van der Waals surface area (Å²) >= 11 is 5.91. The summed E-state index contributed by atoms with van der Waals surface area (Å²) < 4.78 is 7.19. The molecule has 1 fully saturated rings. The van der Waals surface area contributed by atoms with Gasteiger partial charge < -0.3 is 4.74 Å². The summed E-state index contributed by atoms with van der Waals surface area (Å²) in [5, 5.41) is 0.523. The third-order valence-corrected chi connectivity index (χ3v) is 3.78. The van der Waals surface area contributed by atoms with Crippen LogP contribution in [-0.4, -0.2) is 39.6 Å². The Hall–Kier alpha value is -1.43. The van der Waals surface area contributed by atoms with E-state index in [9.17, 15) is 4.79 Å². The molecule has 21 heavy (non-hydrogen) atoms. The van der Waals surface area contributed by atoms with Crippen LogP contribution in [0.4, 0.5) is 0 Å². The molecular weight excluding hydrogens is 290 g/mol. The first-order chi connectivity index (χ1) is 10.0. The van der Waals surface area contributed by atoms with E-state index in [1.165, 1.54) is 4.40 Å². The van der Waals surface area contributed by atoms with E-state index in [0.717, 1.165) is 18.8 Å². The summed E-state index contributed by atoms with van der Waals surface area (Å²) in [7, 11) is 0. The first-order valence-electron chi connectivity index (χ1n) is 7.07. The maximum absolute atomic E-state index is 12.1. The molecule has 2 aromatic rings. The molecule has 2 unspecified atom stereocenters. The molecule has 0 aromatic carbocycles. The van der Waals surface area contributed by atoms with Gasteiger partial charge in [-0.25, -0.2) is 4.98 Å². The first-order valence-corrected chi connectivity index (χ1v) is 7.45. The fourth-order valence-electron chi connectivity index (χ4n) is 2.85. The Morgan fingerprint density at radius 2 is 2.05 bits per heavy atom. The lowest BCUT2D eigenvalue weighted by Crippen LogP contribution is -2.45. The summed E-state index contributed by atoms with van der Waals surface area (Å²) in [4.78, 5) is 19.0. The highest BCUT2D eigenvalue weighted by Gasteiger charge is 2.22. The van der Waals surface area contributed by atoms with Gasteiger partial charge >= 0.3 is 0 Å². The fourth-order valence-corrected chi connectivity index (χ4v) is 3.01. The summed E-state index contributed by atoms with van der Waals surface area (Å²) in [6.07, 6.45) is 2.00. The third-order valence-electron chi connectivity index (χ3n) is 3.56. The summed E-state index contributed by atoms with van der Waals surface area (Å²) in [6, 6.07) is 5.08. The maximum atomic E-state index is 12.1. The highest BCUT2D eigenvalue weighted by Crippen LogP contribution is 2.14. The van der Waals surface area contributed by atoms with Gasteiger partial charge in [-0.05, 0) is 26.0 Å². The van der Waals surface area contributed by atoms with Gasteiger partial charge in [0.2, 0.25) is 0 Å². The number of nitrogens with zero attached hydrogens (tertiary/aromatic N) is 3. The van der Waals surface area contributed by atoms with Crippen LogP contribution in [0.5, 0.6) is 0 Å². The van der Waals surface area contributed by atoms with Crippen LogP contribution in [0.25, 0.3) is 5.65 Å². The van der Waals surface area contributed by atoms with Crippen molar-refractivity contribution in [1.29, 1.82) is 0 Å². The molecule has 0 aliphatic carbocycles. The zero-order valence-corrected chi connectivity index (χ0v) is 12.9. The van der Waals surface area contributed by atoms with Gasteiger partial charge in [-0.15, -0.1) is 0 Å². The van der Waals surface area contributed by atoms with Crippen molar-refractivity contribution >= 4 is 17.2 Å². The van der Waals surface area contributed by atoms with Crippen molar-refractivity contribution in [1.82, 2.24) is 14.3 Å². The Morgan fingerprint density at radius 3 is 2.76 bits per heavy atom. The van der Waals surface area contributed by atoms with Crippen LogP contribution in [0.3, 0.4) is 0 Å². The standard InChI is InChI=1S/C15H18ClN3O2/c1-10-6-18(7-11(2)21-10)9-13-5-15(20)19-8-12(16)3-4-14(19)17-13/h3-5,8,10-11H,6-7,9H2,1-2H3. The zero-order valence-electron chi connectivity index (χ0n) is 12.1. The average Bonchev–Trinajstić information content (AvgIpc) is 2.38. The molecule has 0 bridgehead atoms. The minimum atomic E-state index is -0.105. The van der Waals surface area contributed by atoms with Gasteiger partial charge in [0.1, 0.15) is 5.65 Å². The molecule has 1 aliphatic heterocycles. The van der Waals surface area contributed by atoms with Crippen LogP contribution in [-0.2, 0) is 11.3 Å². The Balaban J connectivity index is 1.87. The molecule has 0 saturated carbocycles. The number of hydrogen-bond donors (Lipinski definition) is 0. The number of aromatic nitrogens is 2. The molecule has 1 aliphatic rings. The molecule has 0 N–H and O–H groups in total. The number of fused-ring (bicyclic) bond motifs is 1. The summed E-state index contributed by atoms with van der Waals surface area (Å²) in [6.45, 7) is 6.49. The van der Waals surface area contributed by atoms with Crippen molar-refractivity contribution in [3.8, 4) is 0 Å². The molecule has 6 heteroatoms. The number of ether oxygens (including phenoxy) is 1. The fraction of sp³-hybridized carbons (Fsp3) is 0.467. The third kappa shape index (κ3) is 3.26. The van der Waals surface area contributed by atoms with E-state index >= 15 is 0 Å². The van der Waals surface area contributed by atoms with E-state index < -0.39 is 0 Å². The van der Waals surface area contributed by atoms with E-state index in [-0.39, 0.29) is 17.8 Å². The van der Waals surface area contributed by atoms with E-state index in [2.05, 4.69) is 23.7 Å². The molecule has 2 atom stereocenters. The quantitative estimate of drug-likeness (QED) is 0.851. The van der Waals surface area contributed by atoms with Crippen molar-refractivity contribution in [2.24, 2.45) is 0 Å². The largest absolute Gasteiger partial charge is 0.373 e. The van der Waals surface area contributed by atoms with Crippen molar-refractivity contribution < 1.29 is 4.74 Å². The zero-order chi connectivity index (χ0) is 15.0. The Kier molecular flexibility index (Phi) is 3.97. The maximum Gasteiger partial charge on any atom is 0.258 e.